The number of hydrogen-bond donors (Lipinski definition) is 1. The van der Waals surface area contributed by atoms with E-state index in [0.29, 0.717) is 11.3 Å². The second-order valence-electron chi connectivity index (χ2n) is 6.05. The molecule has 130 valence electrons. The molecule has 1 N–H and O–H groups in total. The van der Waals surface area contributed by atoms with E-state index in [1.165, 1.54) is 0 Å². The minimum Gasteiger partial charge on any atom is -0.506 e. The minimum absolute atomic E-state index is 0.190. The lowest BCUT2D eigenvalue weighted by molar-refractivity contribution is 0.480. The van der Waals surface area contributed by atoms with Crippen LogP contribution in [-0.4, -0.2) is 30.3 Å². The topological polar surface area (TPSA) is 76.7 Å². The van der Waals surface area contributed by atoms with Crippen molar-refractivity contribution in [2.45, 2.75) is 24.8 Å². The fourth-order valence-corrected chi connectivity index (χ4v) is 3.91. The van der Waals surface area contributed by atoms with Gasteiger partial charge in [0.15, 0.2) is 0 Å². The quantitative estimate of drug-likeness (QED) is 0.555. The number of thioether (sulfide) groups is 1. The minimum atomic E-state index is 0.190. The van der Waals surface area contributed by atoms with Crippen molar-refractivity contribution < 1.29 is 5.11 Å². The Morgan fingerprint density at radius 1 is 1.04 bits per heavy atom. The molecule has 0 aliphatic heterocycles. The summed E-state index contributed by atoms with van der Waals surface area (Å²) >= 11 is 1.56. The molecule has 2 heterocycles. The third-order valence-corrected chi connectivity index (χ3v) is 5.26. The molecule has 0 unspecified atom stereocenters. The smallest absolute Gasteiger partial charge is 0.214 e. The number of fused-ring (bicyclic) bond motifs is 1. The number of rotatable bonds is 4. The highest BCUT2D eigenvalue weighted by Crippen LogP contribution is 2.31. The van der Waals surface area contributed by atoms with Crippen molar-refractivity contribution >= 4 is 22.7 Å². The third-order valence-electron chi connectivity index (χ3n) is 4.29. The molecule has 0 bridgehead atoms. The van der Waals surface area contributed by atoms with Gasteiger partial charge in [0, 0.05) is 17.3 Å². The SMILES string of the molecule is Cc1cccc(C)c1-n1nnnc1SCc1ccc(O)c2ncccc12. The van der Waals surface area contributed by atoms with Crippen LogP contribution in [0.2, 0.25) is 0 Å². The van der Waals surface area contributed by atoms with Gasteiger partial charge in [-0.1, -0.05) is 42.1 Å². The Kier molecular flexibility index (Phi) is 4.30. The zero-order valence-electron chi connectivity index (χ0n) is 14.4. The van der Waals surface area contributed by atoms with Crippen LogP contribution in [0.5, 0.6) is 5.75 Å². The van der Waals surface area contributed by atoms with Crippen molar-refractivity contribution in [1.29, 1.82) is 0 Å². The normalized spacial score (nSPS) is 11.2. The highest BCUT2D eigenvalue weighted by atomic mass is 32.2. The summed E-state index contributed by atoms with van der Waals surface area (Å²) in [5.41, 5.74) is 4.95. The summed E-state index contributed by atoms with van der Waals surface area (Å²) < 4.78 is 1.79. The van der Waals surface area contributed by atoms with Crippen molar-refractivity contribution in [2.75, 3.05) is 0 Å². The molecule has 0 amide bonds. The second kappa shape index (κ2) is 6.76. The van der Waals surface area contributed by atoms with E-state index in [2.05, 4.69) is 46.5 Å². The summed E-state index contributed by atoms with van der Waals surface area (Å²) in [6, 6.07) is 13.6. The van der Waals surface area contributed by atoms with Crippen molar-refractivity contribution in [3.63, 3.8) is 0 Å². The lowest BCUT2D eigenvalue weighted by atomic mass is 10.1. The number of aromatic nitrogens is 5. The first-order valence-corrected chi connectivity index (χ1v) is 9.17. The van der Waals surface area contributed by atoms with E-state index < -0.39 is 0 Å². The molecule has 2 aromatic heterocycles. The molecule has 0 saturated carbocycles. The van der Waals surface area contributed by atoms with Gasteiger partial charge in [-0.3, -0.25) is 4.98 Å². The van der Waals surface area contributed by atoms with Gasteiger partial charge < -0.3 is 5.11 Å². The molecule has 26 heavy (non-hydrogen) atoms. The van der Waals surface area contributed by atoms with Gasteiger partial charge in [0.25, 0.3) is 0 Å². The summed E-state index contributed by atoms with van der Waals surface area (Å²) in [5, 5.41) is 23.9. The van der Waals surface area contributed by atoms with Gasteiger partial charge in [0.1, 0.15) is 11.3 Å². The van der Waals surface area contributed by atoms with Gasteiger partial charge in [-0.05, 0) is 53.1 Å². The molecule has 0 atom stereocenters. The number of nitrogens with zero attached hydrogens (tertiary/aromatic N) is 5. The molecule has 0 saturated heterocycles. The number of aryl methyl sites for hydroxylation is 2. The Morgan fingerprint density at radius 2 is 1.85 bits per heavy atom. The number of aromatic hydroxyl groups is 1. The zero-order valence-corrected chi connectivity index (χ0v) is 15.2. The van der Waals surface area contributed by atoms with E-state index in [9.17, 15) is 5.11 Å². The van der Waals surface area contributed by atoms with Crippen LogP contribution in [0, 0.1) is 13.8 Å². The fourth-order valence-electron chi connectivity index (χ4n) is 3.03. The van der Waals surface area contributed by atoms with Crippen molar-refractivity contribution in [2.24, 2.45) is 0 Å². The van der Waals surface area contributed by atoms with Gasteiger partial charge in [0.2, 0.25) is 5.16 Å². The van der Waals surface area contributed by atoms with Gasteiger partial charge in [-0.15, -0.1) is 5.10 Å². The monoisotopic (exact) mass is 363 g/mol. The number of hydrogen-bond acceptors (Lipinski definition) is 6. The summed E-state index contributed by atoms with van der Waals surface area (Å²) in [7, 11) is 0. The number of phenols is 1. The van der Waals surface area contributed by atoms with Gasteiger partial charge in [-0.25, -0.2) is 0 Å². The zero-order chi connectivity index (χ0) is 18.1. The first-order chi connectivity index (χ1) is 12.6. The summed E-state index contributed by atoms with van der Waals surface area (Å²) in [4.78, 5) is 4.27. The van der Waals surface area contributed by atoms with Crippen LogP contribution in [0.4, 0.5) is 0 Å². The Hall–Kier alpha value is -2.93. The van der Waals surface area contributed by atoms with Crippen LogP contribution in [0.1, 0.15) is 16.7 Å². The predicted octanol–water partition coefficient (Wildman–Crippen LogP) is 3.83. The average molecular weight is 363 g/mol. The van der Waals surface area contributed by atoms with Gasteiger partial charge in [-0.2, -0.15) is 4.68 Å². The first-order valence-electron chi connectivity index (χ1n) is 8.18. The number of phenolic OH excluding ortho intramolecular Hbond substituents is 1. The molecule has 0 radical (unpaired) electrons. The maximum Gasteiger partial charge on any atom is 0.214 e. The van der Waals surface area contributed by atoms with E-state index in [4.69, 9.17) is 0 Å². The second-order valence-corrected chi connectivity index (χ2v) is 6.99. The largest absolute Gasteiger partial charge is 0.506 e. The van der Waals surface area contributed by atoms with Gasteiger partial charge in [0.05, 0.1) is 5.69 Å². The third kappa shape index (κ3) is 2.90. The van der Waals surface area contributed by atoms with Crippen LogP contribution in [-0.2, 0) is 5.75 Å². The molecule has 0 aliphatic rings. The average Bonchev–Trinajstić information content (AvgIpc) is 3.09. The number of benzene rings is 2. The van der Waals surface area contributed by atoms with Crippen molar-refractivity contribution in [3.05, 3.63) is 65.4 Å². The lowest BCUT2D eigenvalue weighted by Gasteiger charge is -2.11. The van der Waals surface area contributed by atoms with E-state index in [0.717, 1.165) is 32.9 Å². The van der Waals surface area contributed by atoms with Crippen molar-refractivity contribution in [1.82, 2.24) is 25.2 Å². The molecule has 4 rings (SSSR count). The maximum absolute atomic E-state index is 10.00. The van der Waals surface area contributed by atoms with Crippen LogP contribution in [0.25, 0.3) is 16.6 Å². The molecule has 4 aromatic rings. The number of tetrazole rings is 1. The Labute approximate surface area is 154 Å². The summed E-state index contributed by atoms with van der Waals surface area (Å²) in [6.07, 6.45) is 1.68. The molecule has 7 heteroatoms. The molecular weight excluding hydrogens is 346 g/mol. The number of pyridine rings is 1. The van der Waals surface area contributed by atoms with Crippen LogP contribution < -0.4 is 0 Å². The number of para-hydroxylation sites is 1. The van der Waals surface area contributed by atoms with Crippen LogP contribution in [0.15, 0.2) is 53.8 Å². The van der Waals surface area contributed by atoms with Crippen LogP contribution >= 0.6 is 11.8 Å². The van der Waals surface area contributed by atoms with E-state index >= 15 is 0 Å². The molecule has 2 aromatic carbocycles. The predicted molar refractivity (Wildman–Crippen MR) is 102 cm³/mol. The fraction of sp³-hybridized carbons (Fsp3) is 0.158. The van der Waals surface area contributed by atoms with E-state index in [1.807, 2.05) is 24.3 Å². The van der Waals surface area contributed by atoms with Crippen molar-refractivity contribution in [3.8, 4) is 11.4 Å². The summed E-state index contributed by atoms with van der Waals surface area (Å²) in [6.45, 7) is 4.11. The molecule has 6 nitrogen and oxygen atoms in total. The Balaban J connectivity index is 1.67. The van der Waals surface area contributed by atoms with E-state index in [1.54, 1.807) is 28.7 Å². The lowest BCUT2D eigenvalue weighted by Crippen LogP contribution is -2.04. The molecule has 0 spiro atoms. The summed E-state index contributed by atoms with van der Waals surface area (Å²) in [5.74, 6) is 0.864. The Morgan fingerprint density at radius 3 is 2.65 bits per heavy atom. The first kappa shape index (κ1) is 16.5. The maximum atomic E-state index is 10.00. The highest BCUT2D eigenvalue weighted by molar-refractivity contribution is 7.98. The Bertz CT molecular complexity index is 1070. The molecule has 0 fully saturated rings. The molecular formula is C19H17N5OS. The van der Waals surface area contributed by atoms with E-state index in [-0.39, 0.29) is 5.75 Å². The highest BCUT2D eigenvalue weighted by Gasteiger charge is 2.14. The standard InChI is InChI=1S/C19H17N5OS/c1-12-5-3-6-13(2)18(12)24-19(21-22-23-24)26-11-14-8-9-16(25)17-15(14)7-4-10-20-17/h3-10,25H,11H2,1-2H3. The van der Waals surface area contributed by atoms with Gasteiger partial charge >= 0.3 is 0 Å². The molecule has 0 aliphatic carbocycles. The van der Waals surface area contributed by atoms with Crippen LogP contribution in [0.3, 0.4) is 0 Å².